The van der Waals surface area contributed by atoms with Crippen LogP contribution in [0.15, 0.2) is 66.0 Å². The zero-order chi connectivity index (χ0) is 20.4. The van der Waals surface area contributed by atoms with Gasteiger partial charge in [-0.05, 0) is 35.7 Å². The first kappa shape index (κ1) is 19.9. The monoisotopic (exact) mass is 446 g/mol. The summed E-state index contributed by atoms with van der Waals surface area (Å²) >= 11 is 9.27. The third-order valence-electron chi connectivity index (χ3n) is 4.56. The zero-order valence-corrected chi connectivity index (χ0v) is 17.4. The van der Waals surface area contributed by atoms with Crippen molar-refractivity contribution in [2.45, 2.75) is 11.4 Å². The molecule has 1 aromatic heterocycles. The normalized spacial score (nSPS) is 18.6. The number of carbonyl (C=O) groups excluding carboxylic acids is 2. The van der Waals surface area contributed by atoms with E-state index in [2.05, 4.69) is 5.32 Å². The third-order valence-corrected chi connectivity index (χ3v) is 7.27. The maximum absolute atomic E-state index is 14.0. The first-order valence-electron chi connectivity index (χ1n) is 8.84. The van der Waals surface area contributed by atoms with E-state index < -0.39 is 17.8 Å². The molecule has 1 N–H and O–H groups in total. The lowest BCUT2D eigenvalue weighted by molar-refractivity contribution is -0.119. The molecule has 2 amide bonds. The van der Waals surface area contributed by atoms with Crippen LogP contribution in [0.4, 0.5) is 10.1 Å². The van der Waals surface area contributed by atoms with Crippen LogP contribution in [-0.2, 0) is 4.79 Å². The van der Waals surface area contributed by atoms with Crippen molar-refractivity contribution in [3.8, 4) is 0 Å². The smallest absolute Gasteiger partial charge is 0.257 e. The molecule has 148 valence electrons. The molecule has 4 rings (SSSR count). The molecule has 0 aliphatic carbocycles. The van der Waals surface area contributed by atoms with Crippen molar-refractivity contribution in [1.29, 1.82) is 0 Å². The number of carbonyl (C=O) groups is 2. The summed E-state index contributed by atoms with van der Waals surface area (Å²) in [5, 5.41) is 4.57. The van der Waals surface area contributed by atoms with Crippen molar-refractivity contribution in [2.75, 3.05) is 11.1 Å². The first-order valence-corrected chi connectivity index (χ1v) is 11.1. The van der Waals surface area contributed by atoms with Crippen molar-refractivity contribution < 1.29 is 14.0 Å². The molecule has 3 aromatic rings. The summed E-state index contributed by atoms with van der Waals surface area (Å²) in [4.78, 5) is 28.9. The van der Waals surface area contributed by atoms with Crippen LogP contribution in [0.2, 0.25) is 5.02 Å². The van der Waals surface area contributed by atoms with E-state index in [0.29, 0.717) is 16.3 Å². The third kappa shape index (κ3) is 4.03. The van der Waals surface area contributed by atoms with Gasteiger partial charge in [-0.3, -0.25) is 9.59 Å². The molecule has 0 radical (unpaired) electrons. The molecule has 4 nitrogen and oxygen atoms in total. The molecule has 8 heteroatoms. The van der Waals surface area contributed by atoms with E-state index in [1.165, 1.54) is 35.2 Å². The Kier molecular flexibility index (Phi) is 5.89. The van der Waals surface area contributed by atoms with Gasteiger partial charge >= 0.3 is 0 Å². The number of anilines is 1. The van der Waals surface area contributed by atoms with Gasteiger partial charge in [0.25, 0.3) is 5.91 Å². The summed E-state index contributed by atoms with van der Waals surface area (Å²) in [6.07, 6.45) is 0. The molecule has 1 saturated heterocycles. The van der Waals surface area contributed by atoms with Gasteiger partial charge in [-0.25, -0.2) is 4.39 Å². The van der Waals surface area contributed by atoms with Gasteiger partial charge < -0.3 is 10.2 Å². The maximum atomic E-state index is 14.0. The summed E-state index contributed by atoms with van der Waals surface area (Å²) in [6.45, 7) is 0. The molecule has 0 saturated carbocycles. The molecule has 1 aliphatic heterocycles. The first-order chi connectivity index (χ1) is 14.1. The van der Waals surface area contributed by atoms with Gasteiger partial charge in [-0.2, -0.15) is 0 Å². The average molecular weight is 447 g/mol. The van der Waals surface area contributed by atoms with E-state index in [1.807, 2.05) is 17.5 Å². The second-order valence-corrected chi connectivity index (χ2v) is 8.88. The van der Waals surface area contributed by atoms with Gasteiger partial charge in [0.2, 0.25) is 5.91 Å². The Hall–Kier alpha value is -2.35. The van der Waals surface area contributed by atoms with Crippen molar-refractivity contribution in [1.82, 2.24) is 4.90 Å². The number of nitrogens with zero attached hydrogens (tertiary/aromatic N) is 1. The van der Waals surface area contributed by atoms with Crippen molar-refractivity contribution in [3.63, 3.8) is 0 Å². The molecule has 2 unspecified atom stereocenters. The van der Waals surface area contributed by atoms with E-state index in [4.69, 9.17) is 11.6 Å². The molecule has 2 atom stereocenters. The largest absolute Gasteiger partial charge is 0.322 e. The van der Waals surface area contributed by atoms with Crippen LogP contribution in [0.1, 0.15) is 20.6 Å². The molecular formula is C21H16ClFN2O2S2. The summed E-state index contributed by atoms with van der Waals surface area (Å²) in [5.74, 6) is -0.876. The highest BCUT2D eigenvalue weighted by Gasteiger charge is 2.43. The summed E-state index contributed by atoms with van der Waals surface area (Å²) in [7, 11) is 0. The van der Waals surface area contributed by atoms with E-state index in [-0.39, 0.29) is 17.0 Å². The number of hydrogen-bond donors (Lipinski definition) is 1. The predicted molar refractivity (Wildman–Crippen MR) is 116 cm³/mol. The molecule has 0 bridgehead atoms. The fourth-order valence-corrected chi connectivity index (χ4v) is 5.77. The van der Waals surface area contributed by atoms with Crippen molar-refractivity contribution in [2.24, 2.45) is 0 Å². The minimum atomic E-state index is -0.754. The van der Waals surface area contributed by atoms with Crippen LogP contribution in [0.5, 0.6) is 0 Å². The summed E-state index contributed by atoms with van der Waals surface area (Å²) in [5.41, 5.74) is 0.425. The Morgan fingerprint density at radius 3 is 2.55 bits per heavy atom. The standard InChI is InChI=1S/C21H16ClFN2O2S2/c22-14-7-2-1-6-13(14)20(27)25-17(12-29-21(25)18-10-5-11-28-18)19(26)24-16-9-4-3-8-15(16)23/h1-11,17,21H,12H2,(H,24,26). The highest BCUT2D eigenvalue weighted by molar-refractivity contribution is 7.99. The van der Waals surface area contributed by atoms with Crippen LogP contribution in [-0.4, -0.2) is 28.5 Å². The van der Waals surface area contributed by atoms with Crippen LogP contribution in [0, 0.1) is 5.82 Å². The highest BCUT2D eigenvalue weighted by Crippen LogP contribution is 2.44. The van der Waals surface area contributed by atoms with Gasteiger partial charge in [0.15, 0.2) is 0 Å². The van der Waals surface area contributed by atoms with E-state index in [9.17, 15) is 14.0 Å². The molecule has 2 heterocycles. The number of nitrogens with one attached hydrogen (secondary N) is 1. The van der Waals surface area contributed by atoms with Gasteiger partial charge in [0, 0.05) is 10.6 Å². The number of thioether (sulfide) groups is 1. The second kappa shape index (κ2) is 8.57. The Morgan fingerprint density at radius 2 is 1.83 bits per heavy atom. The number of benzene rings is 2. The molecule has 1 aliphatic rings. The molecule has 29 heavy (non-hydrogen) atoms. The Balaban J connectivity index is 1.67. The molecule has 1 fully saturated rings. The SMILES string of the molecule is O=C(Nc1ccccc1F)C1CSC(c2cccs2)N1C(=O)c1ccccc1Cl. The average Bonchev–Trinajstić information content (AvgIpc) is 3.39. The lowest BCUT2D eigenvalue weighted by Gasteiger charge is -2.28. The summed E-state index contributed by atoms with van der Waals surface area (Å²) < 4.78 is 14.0. The number of hydrogen-bond acceptors (Lipinski definition) is 4. The number of amides is 2. The minimum absolute atomic E-state index is 0.0900. The number of para-hydroxylation sites is 1. The number of rotatable bonds is 4. The van der Waals surface area contributed by atoms with E-state index >= 15 is 0 Å². The van der Waals surface area contributed by atoms with Crippen LogP contribution >= 0.6 is 34.7 Å². The molecular weight excluding hydrogens is 431 g/mol. The van der Waals surface area contributed by atoms with Crippen LogP contribution in [0.25, 0.3) is 0 Å². The number of thiophene rings is 1. The van der Waals surface area contributed by atoms with Gasteiger partial charge in [-0.1, -0.05) is 41.9 Å². The molecule has 2 aromatic carbocycles. The van der Waals surface area contributed by atoms with E-state index in [1.54, 1.807) is 41.3 Å². The number of halogens is 2. The lowest BCUT2D eigenvalue weighted by atomic mass is 10.1. The lowest BCUT2D eigenvalue weighted by Crippen LogP contribution is -2.45. The topological polar surface area (TPSA) is 49.4 Å². The highest BCUT2D eigenvalue weighted by atomic mass is 35.5. The minimum Gasteiger partial charge on any atom is -0.322 e. The quantitative estimate of drug-likeness (QED) is 0.580. The van der Waals surface area contributed by atoms with Gasteiger partial charge in [0.1, 0.15) is 17.2 Å². The second-order valence-electron chi connectivity index (χ2n) is 6.38. The Bertz CT molecular complexity index is 1040. The Labute approximate surface area is 180 Å². The Morgan fingerprint density at radius 1 is 1.07 bits per heavy atom. The predicted octanol–water partition coefficient (Wildman–Crippen LogP) is 5.44. The van der Waals surface area contributed by atoms with Gasteiger partial charge in [-0.15, -0.1) is 23.1 Å². The fraction of sp³-hybridized carbons (Fsp3) is 0.143. The van der Waals surface area contributed by atoms with E-state index in [0.717, 1.165) is 4.88 Å². The van der Waals surface area contributed by atoms with Crippen molar-refractivity contribution in [3.05, 3.63) is 87.3 Å². The summed E-state index contributed by atoms with van der Waals surface area (Å²) in [6, 6.07) is 15.8. The van der Waals surface area contributed by atoms with Crippen LogP contribution in [0.3, 0.4) is 0 Å². The van der Waals surface area contributed by atoms with Gasteiger partial charge in [0.05, 0.1) is 16.3 Å². The van der Waals surface area contributed by atoms with Crippen LogP contribution < -0.4 is 5.32 Å². The maximum Gasteiger partial charge on any atom is 0.257 e. The zero-order valence-electron chi connectivity index (χ0n) is 15.0. The fourth-order valence-electron chi connectivity index (χ4n) is 3.16. The molecule has 0 spiro atoms. The van der Waals surface area contributed by atoms with Crippen molar-refractivity contribution >= 4 is 52.2 Å².